The summed E-state index contributed by atoms with van der Waals surface area (Å²) in [6, 6.07) is 3.85. The number of methoxy groups -OCH3 is 1. The molecule has 6 heteroatoms. The maximum absolute atomic E-state index is 12.6. The fourth-order valence-corrected chi connectivity index (χ4v) is 1.71. The Hall–Kier alpha value is -1.30. The lowest BCUT2D eigenvalue weighted by Gasteiger charge is -2.09. The van der Waals surface area contributed by atoms with E-state index in [9.17, 15) is 18.0 Å². The van der Waals surface area contributed by atoms with Crippen LogP contribution in [0.15, 0.2) is 28.7 Å². The number of hydrogen-bond donors (Lipinski definition) is 0. The van der Waals surface area contributed by atoms with Gasteiger partial charge in [-0.2, -0.15) is 13.2 Å². The Balaban J connectivity index is 2.89. The van der Waals surface area contributed by atoms with Crippen LogP contribution in [0.3, 0.4) is 0 Å². The zero-order valence-electron chi connectivity index (χ0n) is 9.42. The van der Waals surface area contributed by atoms with Gasteiger partial charge in [0.15, 0.2) is 0 Å². The summed E-state index contributed by atoms with van der Waals surface area (Å²) < 4.78 is 42.2. The minimum Gasteiger partial charge on any atom is -0.469 e. The van der Waals surface area contributed by atoms with Crippen LogP contribution >= 0.6 is 15.9 Å². The molecule has 0 saturated carbocycles. The van der Waals surface area contributed by atoms with Crippen molar-refractivity contribution in [3.8, 4) is 0 Å². The highest BCUT2D eigenvalue weighted by atomic mass is 79.9. The van der Waals surface area contributed by atoms with Crippen LogP contribution in [-0.2, 0) is 15.7 Å². The largest absolute Gasteiger partial charge is 0.469 e. The Morgan fingerprint density at radius 3 is 2.67 bits per heavy atom. The van der Waals surface area contributed by atoms with Gasteiger partial charge in [0.25, 0.3) is 0 Å². The third-order valence-electron chi connectivity index (χ3n) is 2.12. The molecule has 0 aliphatic heterocycles. The number of esters is 1. The predicted molar refractivity (Wildman–Crippen MR) is 64.8 cm³/mol. The second-order valence-corrected chi connectivity index (χ2v) is 4.27. The molecule has 0 spiro atoms. The van der Waals surface area contributed by atoms with E-state index in [2.05, 4.69) is 20.7 Å². The highest BCUT2D eigenvalue weighted by Crippen LogP contribution is 2.35. The second kappa shape index (κ2) is 6.04. The molecule has 0 heterocycles. The molecule has 0 amide bonds. The quantitative estimate of drug-likeness (QED) is 0.785. The number of halogens is 4. The summed E-state index contributed by atoms with van der Waals surface area (Å²) >= 11 is 2.85. The van der Waals surface area contributed by atoms with Crippen LogP contribution in [0.4, 0.5) is 13.2 Å². The number of carbonyl (C=O) groups is 1. The first-order chi connectivity index (χ1) is 8.34. The van der Waals surface area contributed by atoms with E-state index in [0.717, 1.165) is 6.07 Å². The summed E-state index contributed by atoms with van der Waals surface area (Å²) in [6.45, 7) is 0. The lowest BCUT2D eigenvalue weighted by atomic mass is 10.1. The van der Waals surface area contributed by atoms with Gasteiger partial charge in [-0.15, -0.1) is 0 Å². The van der Waals surface area contributed by atoms with E-state index in [1.807, 2.05) is 0 Å². The van der Waals surface area contributed by atoms with E-state index in [1.54, 1.807) is 0 Å². The molecule has 0 atom stereocenters. The third-order valence-corrected chi connectivity index (χ3v) is 2.81. The van der Waals surface area contributed by atoms with Crippen molar-refractivity contribution in [3.05, 3.63) is 39.9 Å². The van der Waals surface area contributed by atoms with E-state index in [-0.39, 0.29) is 10.9 Å². The molecule has 0 bridgehead atoms. The summed E-state index contributed by atoms with van der Waals surface area (Å²) in [5, 5.41) is 0. The molecule has 0 radical (unpaired) electrons. The fourth-order valence-electron chi connectivity index (χ4n) is 1.24. The van der Waals surface area contributed by atoms with Crippen LogP contribution in [0.1, 0.15) is 17.5 Å². The Morgan fingerprint density at radius 1 is 1.44 bits per heavy atom. The minimum absolute atomic E-state index is 0.0138. The predicted octanol–water partition coefficient (Wildman–Crippen LogP) is 4.04. The van der Waals surface area contributed by atoms with Crippen LogP contribution in [0.2, 0.25) is 0 Å². The number of benzene rings is 1. The van der Waals surface area contributed by atoms with Crippen LogP contribution in [-0.4, -0.2) is 13.1 Å². The maximum atomic E-state index is 12.6. The van der Waals surface area contributed by atoms with Gasteiger partial charge < -0.3 is 4.74 Å². The zero-order valence-corrected chi connectivity index (χ0v) is 11.0. The third kappa shape index (κ3) is 4.18. The Labute approximate surface area is 111 Å². The molecule has 1 aromatic rings. The van der Waals surface area contributed by atoms with Crippen LogP contribution < -0.4 is 0 Å². The monoisotopic (exact) mass is 322 g/mol. The standard InChI is InChI=1S/C12H10BrF3O2/c1-18-11(17)4-2-3-8-5-6-10(13)9(7-8)12(14,15)16/h2-3,5-7H,4H2,1H3. The van der Waals surface area contributed by atoms with Crippen molar-refractivity contribution >= 4 is 28.0 Å². The number of ether oxygens (including phenoxy) is 1. The first-order valence-corrected chi connectivity index (χ1v) is 5.74. The average Bonchev–Trinajstić information content (AvgIpc) is 2.29. The highest BCUT2D eigenvalue weighted by molar-refractivity contribution is 9.10. The van der Waals surface area contributed by atoms with Gasteiger partial charge in [0.2, 0.25) is 0 Å². The van der Waals surface area contributed by atoms with Crippen molar-refractivity contribution in [2.24, 2.45) is 0 Å². The summed E-state index contributed by atoms with van der Waals surface area (Å²) in [4.78, 5) is 10.8. The molecule has 2 nitrogen and oxygen atoms in total. The van der Waals surface area contributed by atoms with Crippen molar-refractivity contribution in [1.29, 1.82) is 0 Å². The van der Waals surface area contributed by atoms with Gasteiger partial charge in [0.1, 0.15) is 0 Å². The lowest BCUT2D eigenvalue weighted by molar-refractivity contribution is -0.140. The maximum Gasteiger partial charge on any atom is 0.417 e. The second-order valence-electron chi connectivity index (χ2n) is 3.42. The van der Waals surface area contributed by atoms with Crippen molar-refractivity contribution in [2.75, 3.05) is 7.11 Å². The smallest absolute Gasteiger partial charge is 0.417 e. The molecular weight excluding hydrogens is 313 g/mol. The van der Waals surface area contributed by atoms with Gasteiger partial charge >= 0.3 is 12.1 Å². The van der Waals surface area contributed by atoms with Gasteiger partial charge in [0, 0.05) is 4.47 Å². The summed E-state index contributed by atoms with van der Waals surface area (Å²) in [6.07, 6.45) is -1.49. The number of alkyl halides is 3. The van der Waals surface area contributed by atoms with Crippen LogP contribution in [0.25, 0.3) is 6.08 Å². The first-order valence-electron chi connectivity index (χ1n) is 4.94. The Bertz CT molecular complexity index is 467. The molecule has 0 aromatic heterocycles. The molecule has 0 aliphatic carbocycles. The van der Waals surface area contributed by atoms with Crippen LogP contribution in [0, 0.1) is 0 Å². The summed E-state index contributed by atoms with van der Waals surface area (Å²) in [7, 11) is 1.25. The molecule has 0 saturated heterocycles. The average molecular weight is 323 g/mol. The molecule has 18 heavy (non-hydrogen) atoms. The molecule has 98 valence electrons. The molecule has 1 aromatic carbocycles. The summed E-state index contributed by atoms with van der Waals surface area (Å²) in [5.74, 6) is -0.445. The highest BCUT2D eigenvalue weighted by Gasteiger charge is 2.32. The van der Waals surface area contributed by atoms with Crippen LogP contribution in [0.5, 0.6) is 0 Å². The number of hydrogen-bond acceptors (Lipinski definition) is 2. The molecule has 0 unspecified atom stereocenters. The van der Waals surface area contributed by atoms with Gasteiger partial charge in [-0.25, -0.2) is 0 Å². The van der Waals surface area contributed by atoms with E-state index >= 15 is 0 Å². The molecule has 0 N–H and O–H groups in total. The van der Waals surface area contributed by atoms with E-state index < -0.39 is 17.7 Å². The van der Waals surface area contributed by atoms with Gasteiger partial charge in [-0.05, 0) is 17.7 Å². The SMILES string of the molecule is COC(=O)CC=Cc1ccc(Br)c(C(F)(F)F)c1. The molecule has 0 fully saturated rings. The van der Waals surface area contributed by atoms with Crippen molar-refractivity contribution in [1.82, 2.24) is 0 Å². The van der Waals surface area contributed by atoms with E-state index in [0.29, 0.717) is 5.56 Å². The Morgan fingerprint density at radius 2 is 2.11 bits per heavy atom. The lowest BCUT2D eigenvalue weighted by Crippen LogP contribution is -2.06. The van der Waals surface area contributed by atoms with Gasteiger partial charge in [-0.3, -0.25) is 4.79 Å². The van der Waals surface area contributed by atoms with E-state index in [4.69, 9.17) is 0 Å². The van der Waals surface area contributed by atoms with Crippen molar-refractivity contribution in [2.45, 2.75) is 12.6 Å². The number of carbonyl (C=O) groups excluding carboxylic acids is 1. The Kier molecular flexibility index (Phi) is 4.95. The topological polar surface area (TPSA) is 26.3 Å². The molecular formula is C12H10BrF3O2. The van der Waals surface area contributed by atoms with Gasteiger partial charge in [0.05, 0.1) is 19.1 Å². The zero-order chi connectivity index (χ0) is 13.8. The summed E-state index contributed by atoms with van der Waals surface area (Å²) in [5.41, 5.74) is -0.378. The minimum atomic E-state index is -4.41. The first kappa shape index (κ1) is 14.8. The van der Waals surface area contributed by atoms with Gasteiger partial charge in [-0.1, -0.05) is 34.1 Å². The van der Waals surface area contributed by atoms with Crippen molar-refractivity contribution < 1.29 is 22.7 Å². The van der Waals surface area contributed by atoms with E-state index in [1.165, 1.54) is 31.4 Å². The normalized spacial score (nSPS) is 11.8. The molecule has 0 aliphatic rings. The number of rotatable bonds is 3. The fraction of sp³-hybridized carbons (Fsp3) is 0.250. The van der Waals surface area contributed by atoms with Crippen molar-refractivity contribution in [3.63, 3.8) is 0 Å². The molecule has 1 rings (SSSR count).